The van der Waals surface area contributed by atoms with Crippen molar-refractivity contribution < 1.29 is 9.66 Å². The third-order valence-electron chi connectivity index (χ3n) is 2.95. The molecule has 1 aliphatic heterocycles. The molecule has 0 saturated carbocycles. The summed E-state index contributed by atoms with van der Waals surface area (Å²) in [7, 11) is 0. The van der Waals surface area contributed by atoms with E-state index < -0.39 is 0 Å². The maximum Gasteiger partial charge on any atom is 0.272 e. The Morgan fingerprint density at radius 1 is 1.47 bits per heavy atom. The summed E-state index contributed by atoms with van der Waals surface area (Å²) in [6.07, 6.45) is 1.57. The number of rotatable bonds is 4. The van der Waals surface area contributed by atoms with E-state index in [4.69, 9.17) is 4.74 Å². The molecule has 1 N–H and O–H groups in total. The molecule has 0 aromatic heterocycles. The van der Waals surface area contributed by atoms with Crippen molar-refractivity contribution in [3.63, 3.8) is 0 Å². The van der Waals surface area contributed by atoms with Crippen LogP contribution in [0.2, 0.25) is 0 Å². The van der Waals surface area contributed by atoms with Gasteiger partial charge in [0.25, 0.3) is 5.69 Å². The summed E-state index contributed by atoms with van der Waals surface area (Å²) in [5.41, 5.74) is 1.01. The minimum Gasteiger partial charge on any atom is -0.379 e. The monoisotopic (exact) mass is 236 g/mol. The highest BCUT2D eigenvalue weighted by Gasteiger charge is 2.16. The van der Waals surface area contributed by atoms with E-state index in [9.17, 15) is 10.1 Å². The van der Waals surface area contributed by atoms with Crippen molar-refractivity contribution in [2.75, 3.05) is 19.8 Å². The van der Waals surface area contributed by atoms with Gasteiger partial charge in [0.05, 0.1) is 18.1 Å². The van der Waals surface area contributed by atoms with Gasteiger partial charge in [-0.15, -0.1) is 0 Å². The van der Waals surface area contributed by atoms with Gasteiger partial charge in [0, 0.05) is 24.2 Å². The van der Waals surface area contributed by atoms with Crippen molar-refractivity contribution in [2.45, 2.75) is 18.9 Å². The molecule has 1 aliphatic rings. The molecular formula is C12H16N2O3. The van der Waals surface area contributed by atoms with Gasteiger partial charge in [-0.05, 0) is 12.8 Å². The summed E-state index contributed by atoms with van der Waals surface area (Å²) in [6.45, 7) is 2.31. The van der Waals surface area contributed by atoms with Crippen LogP contribution in [0.4, 0.5) is 5.69 Å². The number of morpholine rings is 1. The molecule has 0 aliphatic carbocycles. The van der Waals surface area contributed by atoms with Gasteiger partial charge in [-0.25, -0.2) is 0 Å². The summed E-state index contributed by atoms with van der Waals surface area (Å²) in [4.78, 5) is 10.5. The number of aryl methyl sites for hydroxylation is 1. The van der Waals surface area contributed by atoms with Gasteiger partial charge in [-0.1, -0.05) is 18.2 Å². The van der Waals surface area contributed by atoms with Gasteiger partial charge in [0.2, 0.25) is 0 Å². The van der Waals surface area contributed by atoms with Crippen LogP contribution in [0, 0.1) is 10.1 Å². The van der Waals surface area contributed by atoms with Gasteiger partial charge >= 0.3 is 0 Å². The fraction of sp³-hybridized carbons (Fsp3) is 0.500. The summed E-state index contributed by atoms with van der Waals surface area (Å²) < 4.78 is 5.35. The Morgan fingerprint density at radius 3 is 3.00 bits per heavy atom. The summed E-state index contributed by atoms with van der Waals surface area (Å²) in [5, 5.41) is 14.2. The largest absolute Gasteiger partial charge is 0.379 e. The van der Waals surface area contributed by atoms with E-state index in [0.29, 0.717) is 19.1 Å². The molecule has 1 heterocycles. The first-order chi connectivity index (χ1) is 8.27. The summed E-state index contributed by atoms with van der Waals surface area (Å²) in [5.74, 6) is 0. The number of benzene rings is 1. The van der Waals surface area contributed by atoms with Crippen LogP contribution in [0.1, 0.15) is 12.0 Å². The number of ether oxygens (including phenoxy) is 1. The van der Waals surface area contributed by atoms with Crippen LogP contribution in [0.25, 0.3) is 0 Å². The van der Waals surface area contributed by atoms with Crippen LogP contribution in [0.3, 0.4) is 0 Å². The van der Waals surface area contributed by atoms with Crippen LogP contribution in [-0.2, 0) is 11.2 Å². The maximum absolute atomic E-state index is 10.8. The zero-order valence-electron chi connectivity index (χ0n) is 9.59. The normalized spacial score (nSPS) is 20.1. The Bertz CT molecular complexity index is 389. The molecule has 1 fully saturated rings. The van der Waals surface area contributed by atoms with E-state index >= 15 is 0 Å². The highest BCUT2D eigenvalue weighted by atomic mass is 16.6. The number of hydrogen-bond acceptors (Lipinski definition) is 4. The third-order valence-corrected chi connectivity index (χ3v) is 2.95. The first kappa shape index (κ1) is 12.0. The molecule has 1 atom stereocenters. The number of nitrogens with zero attached hydrogens (tertiary/aromatic N) is 1. The van der Waals surface area contributed by atoms with E-state index in [1.165, 1.54) is 0 Å². The van der Waals surface area contributed by atoms with Gasteiger partial charge in [-0.2, -0.15) is 0 Å². The molecule has 0 bridgehead atoms. The first-order valence-electron chi connectivity index (χ1n) is 5.81. The average molecular weight is 236 g/mol. The lowest BCUT2D eigenvalue weighted by Crippen LogP contribution is -2.41. The summed E-state index contributed by atoms with van der Waals surface area (Å²) in [6, 6.07) is 7.22. The lowest BCUT2D eigenvalue weighted by atomic mass is 10.0. The van der Waals surface area contributed by atoms with Gasteiger partial charge < -0.3 is 10.1 Å². The smallest absolute Gasteiger partial charge is 0.272 e. The summed E-state index contributed by atoms with van der Waals surface area (Å²) >= 11 is 0. The number of hydrogen-bond donors (Lipinski definition) is 1. The van der Waals surface area contributed by atoms with Crippen LogP contribution < -0.4 is 5.32 Å². The second kappa shape index (κ2) is 5.75. The van der Waals surface area contributed by atoms with E-state index in [0.717, 1.165) is 25.1 Å². The topological polar surface area (TPSA) is 64.4 Å². The van der Waals surface area contributed by atoms with Crippen LogP contribution in [0.15, 0.2) is 24.3 Å². The molecule has 0 radical (unpaired) electrons. The second-order valence-electron chi connectivity index (χ2n) is 4.15. The maximum atomic E-state index is 10.8. The lowest BCUT2D eigenvalue weighted by molar-refractivity contribution is -0.385. The quantitative estimate of drug-likeness (QED) is 0.636. The number of nitrogens with one attached hydrogen (secondary N) is 1. The molecule has 5 nitrogen and oxygen atoms in total. The first-order valence-corrected chi connectivity index (χ1v) is 5.81. The molecule has 5 heteroatoms. The molecule has 0 amide bonds. The molecule has 1 aromatic rings. The van der Waals surface area contributed by atoms with Crippen LogP contribution in [0.5, 0.6) is 0 Å². The van der Waals surface area contributed by atoms with Gasteiger partial charge in [0.1, 0.15) is 0 Å². The minimum absolute atomic E-state index is 0.212. The third kappa shape index (κ3) is 3.25. The zero-order chi connectivity index (χ0) is 12.1. The molecular weight excluding hydrogens is 220 g/mol. The Kier molecular flexibility index (Phi) is 4.06. The van der Waals surface area contributed by atoms with E-state index in [1.54, 1.807) is 12.1 Å². The zero-order valence-corrected chi connectivity index (χ0v) is 9.59. The Labute approximate surface area is 99.9 Å². The molecule has 2 rings (SSSR count). The van der Waals surface area contributed by atoms with Crippen molar-refractivity contribution in [3.05, 3.63) is 39.9 Å². The van der Waals surface area contributed by atoms with Gasteiger partial charge in [-0.3, -0.25) is 10.1 Å². The van der Waals surface area contributed by atoms with E-state index in [1.807, 2.05) is 12.1 Å². The molecule has 1 unspecified atom stereocenters. The molecule has 92 valence electrons. The Morgan fingerprint density at radius 2 is 2.29 bits per heavy atom. The second-order valence-corrected chi connectivity index (χ2v) is 4.15. The number of nitro benzene ring substituents is 1. The fourth-order valence-corrected chi connectivity index (χ4v) is 2.04. The van der Waals surface area contributed by atoms with Crippen LogP contribution in [-0.4, -0.2) is 30.7 Å². The van der Waals surface area contributed by atoms with Crippen molar-refractivity contribution >= 4 is 5.69 Å². The highest BCUT2D eigenvalue weighted by molar-refractivity contribution is 5.39. The number of para-hydroxylation sites is 1. The Balaban J connectivity index is 1.96. The SMILES string of the molecule is O=[N+]([O-])c1ccccc1CCC1COCCN1. The molecule has 0 spiro atoms. The minimum atomic E-state index is -0.319. The van der Waals surface area contributed by atoms with Crippen molar-refractivity contribution in [1.29, 1.82) is 0 Å². The van der Waals surface area contributed by atoms with Crippen molar-refractivity contribution in [1.82, 2.24) is 5.32 Å². The Hall–Kier alpha value is -1.46. The number of nitro groups is 1. The molecule has 17 heavy (non-hydrogen) atoms. The predicted molar refractivity (Wildman–Crippen MR) is 64.0 cm³/mol. The van der Waals surface area contributed by atoms with E-state index in [2.05, 4.69) is 5.32 Å². The molecule has 1 aromatic carbocycles. The van der Waals surface area contributed by atoms with E-state index in [-0.39, 0.29) is 10.6 Å². The predicted octanol–water partition coefficient (Wildman–Crippen LogP) is 1.52. The standard InChI is InChI=1S/C12H16N2O3/c15-14(16)12-4-2-1-3-10(12)5-6-11-9-17-8-7-13-11/h1-4,11,13H,5-9H2. The lowest BCUT2D eigenvalue weighted by Gasteiger charge is -2.23. The van der Waals surface area contributed by atoms with Crippen molar-refractivity contribution in [2.24, 2.45) is 0 Å². The van der Waals surface area contributed by atoms with Crippen LogP contribution >= 0.6 is 0 Å². The average Bonchev–Trinajstić information content (AvgIpc) is 2.38. The molecule has 1 saturated heterocycles. The highest BCUT2D eigenvalue weighted by Crippen LogP contribution is 2.19. The van der Waals surface area contributed by atoms with Crippen molar-refractivity contribution in [3.8, 4) is 0 Å². The van der Waals surface area contributed by atoms with Gasteiger partial charge in [0.15, 0.2) is 0 Å². The fourth-order valence-electron chi connectivity index (χ4n) is 2.04.